The fourth-order valence-corrected chi connectivity index (χ4v) is 1.18. The maximum absolute atomic E-state index is 5.68. The molecule has 0 aliphatic carbocycles. The van der Waals surface area contributed by atoms with E-state index in [1.807, 2.05) is 12.1 Å². The molecule has 1 heteroatoms. The topological polar surface area (TPSA) is 26.0 Å². The predicted octanol–water partition coefficient (Wildman–Crippen LogP) is 2.69. The molecule has 0 aliphatic rings. The molecule has 70 valence electrons. The summed E-state index contributed by atoms with van der Waals surface area (Å²) in [6.45, 7) is 4.33. The molecule has 0 saturated heterocycles. The Morgan fingerprint density at radius 1 is 1.23 bits per heavy atom. The fourth-order valence-electron chi connectivity index (χ4n) is 1.18. The summed E-state index contributed by atoms with van der Waals surface area (Å²) in [5.41, 5.74) is 8.00. The van der Waals surface area contributed by atoms with Gasteiger partial charge in [-0.25, -0.2) is 0 Å². The van der Waals surface area contributed by atoms with Crippen molar-refractivity contribution < 1.29 is 1.43 Å². The first-order valence-corrected chi connectivity index (χ1v) is 4.46. The second kappa shape index (κ2) is 4.11. The van der Waals surface area contributed by atoms with Gasteiger partial charge in [0.1, 0.15) is 0 Å². The molecule has 0 bridgehead atoms. The van der Waals surface area contributed by atoms with Gasteiger partial charge in [0, 0.05) is 1.43 Å². The lowest BCUT2D eigenvalue weighted by Crippen LogP contribution is -2.06. The van der Waals surface area contributed by atoms with E-state index >= 15 is 0 Å². The van der Waals surface area contributed by atoms with Gasteiger partial charge < -0.3 is 5.73 Å². The molecule has 1 atom stereocenters. The smallest absolute Gasteiger partial charge is 0.0918 e. The van der Waals surface area contributed by atoms with Crippen LogP contribution in [-0.2, 0) is 0 Å². The maximum Gasteiger partial charge on any atom is 0.0918 e. The van der Waals surface area contributed by atoms with E-state index in [4.69, 9.17) is 12.2 Å². The molecule has 0 radical (unpaired) electrons. The summed E-state index contributed by atoms with van der Waals surface area (Å²) in [6.07, 6.45) is 5.23. The van der Waals surface area contributed by atoms with Crippen LogP contribution in [0.2, 0.25) is 0 Å². The van der Waals surface area contributed by atoms with Crippen LogP contribution in [0, 0.1) is 12.3 Å². The van der Waals surface area contributed by atoms with Crippen LogP contribution < -0.4 is 5.73 Å². The molecule has 1 rings (SSSR count). The maximum atomic E-state index is 5.68. The summed E-state index contributed by atoms with van der Waals surface area (Å²) in [6, 6.07) is 7.88. The molecule has 0 unspecified atom stereocenters. The molecular formula is C12H17N. The third-order valence-corrected chi connectivity index (χ3v) is 2.14. The van der Waals surface area contributed by atoms with E-state index in [1.165, 1.54) is 5.56 Å². The van der Waals surface area contributed by atoms with E-state index in [1.54, 1.807) is 0 Å². The first-order valence-electron chi connectivity index (χ1n) is 4.46. The molecule has 1 aromatic carbocycles. The van der Waals surface area contributed by atoms with Crippen LogP contribution in [0.25, 0.3) is 0 Å². The third-order valence-electron chi connectivity index (χ3n) is 2.14. The molecule has 1 aromatic rings. The Labute approximate surface area is 81.4 Å². The number of benzene rings is 1. The Bertz CT molecular complexity index is 308. The van der Waals surface area contributed by atoms with Crippen LogP contribution >= 0.6 is 0 Å². The lowest BCUT2D eigenvalue weighted by molar-refractivity contribution is 0.861. The SMILES string of the molecule is C#C[C@H](N)c1ccc(C(C)C)cc1.[HH]. The van der Waals surface area contributed by atoms with Gasteiger partial charge in [-0.3, -0.25) is 0 Å². The Balaban J connectivity index is 0.00000169. The van der Waals surface area contributed by atoms with Gasteiger partial charge in [-0.15, -0.1) is 6.42 Å². The second-order valence-corrected chi connectivity index (χ2v) is 3.47. The average molecular weight is 175 g/mol. The van der Waals surface area contributed by atoms with Crippen LogP contribution in [0.4, 0.5) is 0 Å². The lowest BCUT2D eigenvalue weighted by Gasteiger charge is -2.08. The van der Waals surface area contributed by atoms with Gasteiger partial charge in [-0.05, 0) is 17.0 Å². The van der Waals surface area contributed by atoms with Crippen molar-refractivity contribution in [2.24, 2.45) is 5.73 Å². The molecule has 13 heavy (non-hydrogen) atoms. The minimum atomic E-state index is -0.277. The summed E-state index contributed by atoms with van der Waals surface area (Å²) >= 11 is 0. The zero-order valence-corrected chi connectivity index (χ0v) is 8.12. The van der Waals surface area contributed by atoms with Crippen molar-refractivity contribution in [1.82, 2.24) is 0 Å². The van der Waals surface area contributed by atoms with E-state index in [9.17, 15) is 0 Å². The Morgan fingerprint density at radius 2 is 1.69 bits per heavy atom. The molecule has 0 aliphatic heterocycles. The number of terminal acetylenes is 1. The highest BCUT2D eigenvalue weighted by atomic mass is 14.6. The lowest BCUT2D eigenvalue weighted by atomic mass is 10.00. The van der Waals surface area contributed by atoms with Gasteiger partial charge in [-0.1, -0.05) is 44.0 Å². The van der Waals surface area contributed by atoms with Crippen LogP contribution in [0.5, 0.6) is 0 Å². The minimum Gasteiger partial charge on any atom is -0.314 e. The summed E-state index contributed by atoms with van der Waals surface area (Å²) in [4.78, 5) is 0. The van der Waals surface area contributed by atoms with E-state index in [0.29, 0.717) is 5.92 Å². The van der Waals surface area contributed by atoms with E-state index < -0.39 is 0 Å². The number of hydrogen-bond donors (Lipinski definition) is 1. The molecule has 0 amide bonds. The quantitative estimate of drug-likeness (QED) is 0.687. The standard InChI is InChI=1S/C12H15N.H2/c1-4-12(13)11-7-5-10(6-8-11)9(2)3;/h1,5-9,12H,13H2,2-3H3;1H/t12-;/m0./s1. The summed E-state index contributed by atoms with van der Waals surface area (Å²) in [7, 11) is 0. The zero-order valence-electron chi connectivity index (χ0n) is 8.12. The number of rotatable bonds is 2. The van der Waals surface area contributed by atoms with E-state index in [0.717, 1.165) is 5.56 Å². The van der Waals surface area contributed by atoms with Gasteiger partial charge in [0.15, 0.2) is 0 Å². The molecule has 2 N–H and O–H groups in total. The highest BCUT2D eigenvalue weighted by Gasteiger charge is 2.02. The van der Waals surface area contributed by atoms with Crippen LogP contribution in [-0.4, -0.2) is 0 Å². The Morgan fingerprint density at radius 3 is 2.08 bits per heavy atom. The van der Waals surface area contributed by atoms with Gasteiger partial charge in [0.2, 0.25) is 0 Å². The molecule has 1 nitrogen and oxygen atoms in total. The summed E-state index contributed by atoms with van der Waals surface area (Å²) in [5.74, 6) is 3.06. The monoisotopic (exact) mass is 175 g/mol. The first kappa shape index (κ1) is 9.83. The first-order chi connectivity index (χ1) is 6.15. The van der Waals surface area contributed by atoms with Crippen molar-refractivity contribution in [3.63, 3.8) is 0 Å². The van der Waals surface area contributed by atoms with Crippen molar-refractivity contribution in [2.45, 2.75) is 25.8 Å². The van der Waals surface area contributed by atoms with E-state index in [2.05, 4.69) is 31.9 Å². The molecule has 0 fully saturated rings. The van der Waals surface area contributed by atoms with Crippen LogP contribution in [0.3, 0.4) is 0 Å². The molecule has 0 spiro atoms. The van der Waals surface area contributed by atoms with Crippen molar-refractivity contribution in [3.05, 3.63) is 35.4 Å². The second-order valence-electron chi connectivity index (χ2n) is 3.47. The van der Waals surface area contributed by atoms with Crippen LogP contribution in [0.15, 0.2) is 24.3 Å². The van der Waals surface area contributed by atoms with Gasteiger partial charge >= 0.3 is 0 Å². The van der Waals surface area contributed by atoms with Gasteiger partial charge in [0.25, 0.3) is 0 Å². The van der Waals surface area contributed by atoms with Crippen molar-refractivity contribution in [3.8, 4) is 12.3 Å². The largest absolute Gasteiger partial charge is 0.314 e. The highest BCUT2D eigenvalue weighted by Crippen LogP contribution is 2.17. The van der Waals surface area contributed by atoms with Crippen molar-refractivity contribution in [2.75, 3.05) is 0 Å². The number of nitrogens with two attached hydrogens (primary N) is 1. The van der Waals surface area contributed by atoms with Gasteiger partial charge in [0.05, 0.1) is 6.04 Å². The van der Waals surface area contributed by atoms with E-state index in [-0.39, 0.29) is 7.47 Å². The minimum absolute atomic E-state index is 0. The van der Waals surface area contributed by atoms with Gasteiger partial charge in [-0.2, -0.15) is 0 Å². The fraction of sp³-hybridized carbons (Fsp3) is 0.333. The van der Waals surface area contributed by atoms with Crippen molar-refractivity contribution >= 4 is 0 Å². The van der Waals surface area contributed by atoms with Crippen LogP contribution in [0.1, 0.15) is 38.4 Å². The zero-order chi connectivity index (χ0) is 9.84. The normalized spacial score (nSPS) is 12.5. The predicted molar refractivity (Wildman–Crippen MR) is 58.4 cm³/mol. The number of hydrogen-bond acceptors (Lipinski definition) is 1. The highest BCUT2D eigenvalue weighted by molar-refractivity contribution is 5.30. The summed E-state index contributed by atoms with van der Waals surface area (Å²) in [5, 5.41) is 0. The average Bonchev–Trinajstić information content (AvgIpc) is 2.17. The molecular weight excluding hydrogens is 158 g/mol. The molecule has 0 saturated carbocycles. The third kappa shape index (κ3) is 2.34. The molecule has 0 aromatic heterocycles. The molecule has 0 heterocycles. The van der Waals surface area contributed by atoms with Crippen molar-refractivity contribution in [1.29, 1.82) is 0 Å². The summed E-state index contributed by atoms with van der Waals surface area (Å²) < 4.78 is 0. The Hall–Kier alpha value is -1.26. The Kier molecular flexibility index (Phi) is 3.11.